The van der Waals surface area contributed by atoms with Crippen LogP contribution in [0.25, 0.3) is 20.4 Å². The second kappa shape index (κ2) is 9.86. The Morgan fingerprint density at radius 3 is 2.23 bits per heavy atom. The summed E-state index contributed by atoms with van der Waals surface area (Å²) in [4.78, 5) is 35.8. The van der Waals surface area contributed by atoms with Gasteiger partial charge < -0.3 is 10.2 Å². The van der Waals surface area contributed by atoms with E-state index in [0.29, 0.717) is 22.8 Å². The molecule has 0 unspecified atom stereocenters. The van der Waals surface area contributed by atoms with Crippen LogP contribution in [0.15, 0.2) is 12.7 Å². The van der Waals surface area contributed by atoms with Gasteiger partial charge in [0.25, 0.3) is 0 Å². The summed E-state index contributed by atoms with van der Waals surface area (Å²) in [5, 5.41) is 6.53. The van der Waals surface area contributed by atoms with Crippen LogP contribution in [0.4, 0.5) is 0 Å². The molecule has 0 atom stereocenters. The molecular formula is C24H24Cl2N6OS2. The molecule has 1 aliphatic carbocycles. The van der Waals surface area contributed by atoms with Crippen molar-refractivity contribution in [3.8, 4) is 0 Å². The molecule has 4 aromatic heterocycles. The molecule has 0 aromatic carbocycles. The Hall–Kier alpha value is -1.91. The number of carbonyl (C=O) groups excluding carboxylic acids is 1. The number of rotatable bonds is 1. The molecule has 7 nitrogen and oxygen atoms in total. The van der Waals surface area contributed by atoms with E-state index in [1.807, 2.05) is 4.90 Å². The Morgan fingerprint density at radius 2 is 1.54 bits per heavy atom. The van der Waals surface area contributed by atoms with Crippen LogP contribution in [-0.4, -0.2) is 43.8 Å². The molecule has 2 aliphatic heterocycles. The first-order valence-corrected chi connectivity index (χ1v) is 14.3. The molecule has 0 bridgehead atoms. The molecule has 4 aromatic rings. The predicted molar refractivity (Wildman–Crippen MR) is 141 cm³/mol. The van der Waals surface area contributed by atoms with Gasteiger partial charge in [-0.3, -0.25) is 4.79 Å². The van der Waals surface area contributed by atoms with Crippen LogP contribution in [0.1, 0.15) is 46.6 Å². The number of hydrogen-bond donors (Lipinski definition) is 1. The number of hydrogen-bond acceptors (Lipinski definition) is 8. The molecule has 0 spiro atoms. The number of thiophene rings is 2. The van der Waals surface area contributed by atoms with Crippen molar-refractivity contribution in [2.24, 2.45) is 5.92 Å². The highest BCUT2D eigenvalue weighted by Gasteiger charge is 2.31. The van der Waals surface area contributed by atoms with Gasteiger partial charge in [0, 0.05) is 28.8 Å². The summed E-state index contributed by atoms with van der Waals surface area (Å²) in [6, 6.07) is 0. The molecule has 6 heterocycles. The molecule has 1 saturated carbocycles. The SMILES string of the molecule is Clc1ncnc2sc3c(c12)CCNC3.O=C(C1CCCC1)N1CCc2c(sc3ncnc(Cl)c23)C1. The smallest absolute Gasteiger partial charge is 0.226 e. The predicted octanol–water partition coefficient (Wildman–Crippen LogP) is 5.41. The topological polar surface area (TPSA) is 83.9 Å². The molecule has 1 fully saturated rings. The number of fused-ring (bicyclic) bond motifs is 6. The van der Waals surface area contributed by atoms with Gasteiger partial charge in [-0.2, -0.15) is 0 Å². The number of nitrogens with zero attached hydrogens (tertiary/aromatic N) is 5. The number of nitrogens with one attached hydrogen (secondary N) is 1. The zero-order chi connectivity index (χ0) is 23.9. The molecule has 11 heteroatoms. The number of amides is 1. The average molecular weight is 548 g/mol. The van der Waals surface area contributed by atoms with Gasteiger partial charge in [0.15, 0.2) is 0 Å². The minimum atomic E-state index is 0.254. The Balaban J connectivity index is 0.000000141. The van der Waals surface area contributed by atoms with Crippen molar-refractivity contribution in [1.82, 2.24) is 30.2 Å². The van der Waals surface area contributed by atoms with Crippen molar-refractivity contribution in [1.29, 1.82) is 0 Å². The highest BCUT2D eigenvalue weighted by Crippen LogP contribution is 2.38. The third-order valence-corrected chi connectivity index (χ3v) is 9.91. The zero-order valence-corrected chi connectivity index (χ0v) is 22.2. The van der Waals surface area contributed by atoms with E-state index in [1.54, 1.807) is 22.7 Å². The summed E-state index contributed by atoms with van der Waals surface area (Å²) < 4.78 is 0. The van der Waals surface area contributed by atoms with Gasteiger partial charge in [-0.1, -0.05) is 36.0 Å². The van der Waals surface area contributed by atoms with Crippen molar-refractivity contribution in [2.75, 3.05) is 13.1 Å². The maximum absolute atomic E-state index is 12.6. The zero-order valence-electron chi connectivity index (χ0n) is 19.0. The normalized spacial score (nSPS) is 17.8. The van der Waals surface area contributed by atoms with Crippen LogP contribution < -0.4 is 5.32 Å². The van der Waals surface area contributed by atoms with Gasteiger partial charge in [-0.25, -0.2) is 19.9 Å². The first-order chi connectivity index (χ1) is 17.1. The van der Waals surface area contributed by atoms with Gasteiger partial charge in [0.1, 0.15) is 32.6 Å². The van der Waals surface area contributed by atoms with E-state index in [1.165, 1.54) is 46.4 Å². The van der Waals surface area contributed by atoms with E-state index in [2.05, 4.69) is 25.3 Å². The minimum Gasteiger partial charge on any atom is -0.337 e. The molecule has 182 valence electrons. The standard InChI is InChI=1S/C15H16ClN3OS.C9H8ClN3S/c16-13-12-10-5-6-19(15(20)9-3-1-2-4-9)7-11(10)21-14(12)18-8-17-13;10-8-7-5-1-2-11-3-6(5)14-9(7)13-4-12-8/h8-9H,1-7H2;4,11H,1-3H2. The third-order valence-electron chi connectivity index (χ3n) is 7.07. The van der Waals surface area contributed by atoms with Gasteiger partial charge in [0.05, 0.1) is 17.3 Å². The first kappa shape index (κ1) is 23.5. The second-order valence-electron chi connectivity index (χ2n) is 9.11. The van der Waals surface area contributed by atoms with Crippen molar-refractivity contribution in [2.45, 2.75) is 51.6 Å². The van der Waals surface area contributed by atoms with Crippen LogP contribution in [0.3, 0.4) is 0 Å². The van der Waals surface area contributed by atoms with Crippen molar-refractivity contribution < 1.29 is 4.79 Å². The molecule has 0 radical (unpaired) electrons. The Morgan fingerprint density at radius 1 is 0.914 bits per heavy atom. The van der Waals surface area contributed by atoms with Crippen LogP contribution in [0.2, 0.25) is 10.3 Å². The molecular weight excluding hydrogens is 523 g/mol. The van der Waals surface area contributed by atoms with Crippen LogP contribution in [-0.2, 0) is 30.7 Å². The van der Waals surface area contributed by atoms with Crippen molar-refractivity contribution in [3.05, 3.63) is 43.8 Å². The van der Waals surface area contributed by atoms with Gasteiger partial charge in [-0.05, 0) is 43.4 Å². The van der Waals surface area contributed by atoms with Gasteiger partial charge in [0.2, 0.25) is 5.91 Å². The summed E-state index contributed by atoms with van der Waals surface area (Å²) >= 11 is 15.6. The highest BCUT2D eigenvalue weighted by atomic mass is 35.5. The van der Waals surface area contributed by atoms with Gasteiger partial charge >= 0.3 is 0 Å². The fraction of sp³-hybridized carbons (Fsp3) is 0.458. The molecule has 1 amide bonds. The Bertz CT molecular complexity index is 1410. The monoisotopic (exact) mass is 546 g/mol. The molecule has 35 heavy (non-hydrogen) atoms. The summed E-state index contributed by atoms with van der Waals surface area (Å²) in [6.07, 6.45) is 9.45. The van der Waals surface area contributed by atoms with E-state index in [9.17, 15) is 4.79 Å². The third kappa shape index (κ3) is 4.42. The number of carbonyl (C=O) groups is 1. The lowest BCUT2D eigenvalue weighted by molar-refractivity contribution is -0.136. The van der Waals surface area contributed by atoms with E-state index in [4.69, 9.17) is 23.2 Å². The van der Waals surface area contributed by atoms with Crippen molar-refractivity contribution >= 4 is 72.2 Å². The summed E-state index contributed by atoms with van der Waals surface area (Å²) in [6.45, 7) is 3.46. The van der Waals surface area contributed by atoms with E-state index >= 15 is 0 Å². The Kier molecular flexibility index (Phi) is 6.62. The number of halogens is 2. The van der Waals surface area contributed by atoms with E-state index in [-0.39, 0.29) is 5.92 Å². The molecule has 1 N–H and O–H groups in total. The number of aromatic nitrogens is 4. The maximum Gasteiger partial charge on any atom is 0.226 e. The lowest BCUT2D eigenvalue weighted by Gasteiger charge is -2.29. The molecule has 0 saturated heterocycles. The summed E-state index contributed by atoms with van der Waals surface area (Å²) in [5.41, 5.74) is 2.59. The van der Waals surface area contributed by atoms with Crippen molar-refractivity contribution in [3.63, 3.8) is 0 Å². The lowest BCUT2D eigenvalue weighted by atomic mass is 10.0. The largest absolute Gasteiger partial charge is 0.337 e. The van der Waals surface area contributed by atoms with E-state index < -0.39 is 0 Å². The van der Waals surface area contributed by atoms with E-state index in [0.717, 1.165) is 65.8 Å². The lowest BCUT2D eigenvalue weighted by Crippen LogP contribution is -2.38. The average Bonchev–Trinajstić information content (AvgIpc) is 3.61. The molecule has 7 rings (SSSR count). The quantitative estimate of drug-likeness (QED) is 0.321. The second-order valence-corrected chi connectivity index (χ2v) is 12.0. The highest BCUT2D eigenvalue weighted by molar-refractivity contribution is 7.19. The Labute approximate surface area is 220 Å². The molecule has 3 aliphatic rings. The van der Waals surface area contributed by atoms with Crippen LogP contribution >= 0.6 is 45.9 Å². The fourth-order valence-electron chi connectivity index (χ4n) is 5.33. The summed E-state index contributed by atoms with van der Waals surface area (Å²) in [7, 11) is 0. The summed E-state index contributed by atoms with van der Waals surface area (Å²) in [5.74, 6) is 0.595. The maximum atomic E-state index is 12.6. The fourth-order valence-corrected chi connectivity index (χ4v) is 8.29. The first-order valence-electron chi connectivity index (χ1n) is 11.9. The van der Waals surface area contributed by atoms with Gasteiger partial charge in [-0.15, -0.1) is 22.7 Å². The minimum absolute atomic E-state index is 0.254. The van der Waals surface area contributed by atoms with Crippen LogP contribution in [0.5, 0.6) is 0 Å². The van der Waals surface area contributed by atoms with Crippen LogP contribution in [0, 0.1) is 5.92 Å².